The van der Waals surface area contributed by atoms with Crippen molar-refractivity contribution < 1.29 is 29.4 Å². The molecule has 0 spiro atoms. The van der Waals surface area contributed by atoms with Gasteiger partial charge in [-0.3, -0.25) is 19.4 Å². The lowest BCUT2D eigenvalue weighted by Gasteiger charge is -2.22. The van der Waals surface area contributed by atoms with Gasteiger partial charge in [-0.25, -0.2) is 4.79 Å². The van der Waals surface area contributed by atoms with Crippen molar-refractivity contribution in [2.75, 3.05) is 13.2 Å². The Kier molecular flexibility index (Phi) is 11.1. The fourth-order valence-corrected chi connectivity index (χ4v) is 1.94. The number of carbonyl (C=O) groups is 4. The van der Waals surface area contributed by atoms with Gasteiger partial charge in [0.25, 0.3) is 0 Å². The Labute approximate surface area is 155 Å². The summed E-state index contributed by atoms with van der Waals surface area (Å²) in [6.07, 6.45) is 0.248. The minimum atomic E-state index is -1.53. The van der Waals surface area contributed by atoms with E-state index in [9.17, 15) is 19.2 Å². The number of rotatable bonds is 13. The van der Waals surface area contributed by atoms with E-state index in [1.165, 1.54) is 0 Å². The lowest BCUT2D eigenvalue weighted by molar-refractivity contribution is -0.143. The molecule has 3 atom stereocenters. The predicted octanol–water partition coefficient (Wildman–Crippen LogP) is -4.32. The maximum Gasteiger partial charge on any atom is 0.328 e. The summed E-state index contributed by atoms with van der Waals surface area (Å²) in [6.45, 7) is -0.647. The van der Waals surface area contributed by atoms with Gasteiger partial charge in [-0.15, -0.1) is 0 Å². The first-order valence-electron chi connectivity index (χ1n) is 8.12. The number of aliphatic carboxylic acids is 1. The lowest BCUT2D eigenvalue weighted by Crippen LogP contribution is -2.55. The Morgan fingerprint density at radius 2 is 1.56 bits per heavy atom. The Morgan fingerprint density at radius 3 is 2.04 bits per heavy atom. The molecule has 0 bridgehead atoms. The van der Waals surface area contributed by atoms with E-state index in [2.05, 4.69) is 15.6 Å². The SMILES string of the molecule is NC(=O)CCC(N)C(=O)NC(CCCN=C(N)N)C(=O)NC(CO)C(=O)O. The summed E-state index contributed by atoms with van der Waals surface area (Å²) >= 11 is 0. The molecule has 0 aromatic heterocycles. The van der Waals surface area contributed by atoms with Crippen LogP contribution >= 0.6 is 0 Å². The number of primary amides is 1. The van der Waals surface area contributed by atoms with Crippen molar-refractivity contribution in [1.82, 2.24) is 10.6 Å². The minimum absolute atomic E-state index is 0.0160. The summed E-state index contributed by atoms with van der Waals surface area (Å²) in [5.74, 6) is -3.74. The van der Waals surface area contributed by atoms with Crippen molar-refractivity contribution in [2.24, 2.45) is 27.9 Å². The number of aliphatic hydroxyl groups excluding tert-OH is 1. The van der Waals surface area contributed by atoms with Crippen LogP contribution in [0.25, 0.3) is 0 Å². The number of carboxylic acids is 1. The second-order valence-corrected chi connectivity index (χ2v) is 5.70. The first-order chi connectivity index (χ1) is 12.6. The molecule has 0 fully saturated rings. The molecular weight excluding hydrogens is 362 g/mol. The van der Waals surface area contributed by atoms with Gasteiger partial charge in [0, 0.05) is 13.0 Å². The molecule has 154 valence electrons. The standard InChI is InChI=1S/C14H27N7O6/c15-7(3-4-10(16)23)11(24)20-8(2-1-5-19-14(17)18)12(25)21-9(6-22)13(26)27/h7-9,22H,1-6,15H2,(H2,16,23)(H,20,24)(H,21,25)(H,26,27)(H4,17,18,19). The highest BCUT2D eigenvalue weighted by Crippen LogP contribution is 2.02. The number of nitrogens with one attached hydrogen (secondary N) is 2. The van der Waals surface area contributed by atoms with Crippen molar-refractivity contribution >= 4 is 29.7 Å². The monoisotopic (exact) mass is 389 g/mol. The quantitative estimate of drug-likeness (QED) is 0.0859. The van der Waals surface area contributed by atoms with Crippen LogP contribution in [0.3, 0.4) is 0 Å². The molecule has 12 N–H and O–H groups in total. The number of carbonyl (C=O) groups excluding carboxylic acids is 3. The Hall–Kier alpha value is -2.93. The maximum atomic E-state index is 12.3. The van der Waals surface area contributed by atoms with Crippen LogP contribution in [0.2, 0.25) is 0 Å². The number of nitrogens with zero attached hydrogens (tertiary/aromatic N) is 1. The number of aliphatic hydroxyl groups is 1. The van der Waals surface area contributed by atoms with E-state index in [0.29, 0.717) is 6.42 Å². The van der Waals surface area contributed by atoms with Crippen molar-refractivity contribution in [3.63, 3.8) is 0 Å². The third-order valence-electron chi connectivity index (χ3n) is 3.41. The smallest absolute Gasteiger partial charge is 0.328 e. The molecule has 0 saturated carbocycles. The van der Waals surface area contributed by atoms with Crippen molar-refractivity contribution in [3.05, 3.63) is 0 Å². The van der Waals surface area contributed by atoms with Gasteiger partial charge in [0.2, 0.25) is 17.7 Å². The van der Waals surface area contributed by atoms with Crippen LogP contribution in [0.5, 0.6) is 0 Å². The number of amides is 3. The average molecular weight is 389 g/mol. The van der Waals surface area contributed by atoms with Crippen LogP contribution < -0.4 is 33.6 Å². The highest BCUT2D eigenvalue weighted by atomic mass is 16.4. The van der Waals surface area contributed by atoms with E-state index >= 15 is 0 Å². The molecule has 0 aliphatic carbocycles. The van der Waals surface area contributed by atoms with Gasteiger partial charge in [0.05, 0.1) is 12.6 Å². The third-order valence-corrected chi connectivity index (χ3v) is 3.41. The minimum Gasteiger partial charge on any atom is -0.480 e. The van der Waals surface area contributed by atoms with Gasteiger partial charge in [-0.05, 0) is 19.3 Å². The van der Waals surface area contributed by atoms with Crippen LogP contribution in [0, 0.1) is 0 Å². The molecule has 0 aromatic carbocycles. The molecule has 13 heteroatoms. The zero-order valence-corrected chi connectivity index (χ0v) is 14.8. The van der Waals surface area contributed by atoms with E-state index in [0.717, 1.165) is 0 Å². The molecule has 0 radical (unpaired) electrons. The van der Waals surface area contributed by atoms with Crippen LogP contribution in [-0.2, 0) is 19.2 Å². The van der Waals surface area contributed by atoms with Gasteiger partial charge < -0.3 is 43.8 Å². The number of hydrogen-bond acceptors (Lipinski definition) is 7. The van der Waals surface area contributed by atoms with Gasteiger partial charge in [-0.1, -0.05) is 0 Å². The van der Waals surface area contributed by atoms with E-state index in [1.54, 1.807) is 0 Å². The Balaban J connectivity index is 4.97. The third kappa shape index (κ3) is 10.6. The van der Waals surface area contributed by atoms with Crippen molar-refractivity contribution in [3.8, 4) is 0 Å². The van der Waals surface area contributed by atoms with Crippen LogP contribution in [0.15, 0.2) is 4.99 Å². The molecule has 3 amide bonds. The van der Waals surface area contributed by atoms with E-state index < -0.39 is 48.4 Å². The first-order valence-corrected chi connectivity index (χ1v) is 8.12. The Morgan fingerprint density at radius 1 is 0.963 bits per heavy atom. The van der Waals surface area contributed by atoms with Crippen LogP contribution in [0.4, 0.5) is 0 Å². The molecule has 0 rings (SSSR count). The summed E-state index contributed by atoms with van der Waals surface area (Å²) in [5, 5.41) is 22.4. The average Bonchev–Trinajstić information content (AvgIpc) is 2.58. The van der Waals surface area contributed by atoms with E-state index in [1.807, 2.05) is 0 Å². The zero-order valence-electron chi connectivity index (χ0n) is 14.8. The van der Waals surface area contributed by atoms with E-state index in [4.69, 9.17) is 33.1 Å². The number of guanidine groups is 1. The van der Waals surface area contributed by atoms with Crippen LogP contribution in [0.1, 0.15) is 25.7 Å². The van der Waals surface area contributed by atoms with Gasteiger partial charge in [0.1, 0.15) is 12.1 Å². The summed E-state index contributed by atoms with van der Waals surface area (Å²) < 4.78 is 0. The number of carboxylic acid groups (broad SMARTS) is 1. The number of aliphatic imine (C=N–C) groups is 1. The second kappa shape index (κ2) is 12.4. The highest BCUT2D eigenvalue weighted by molar-refractivity contribution is 5.92. The summed E-state index contributed by atoms with van der Waals surface area (Å²) in [4.78, 5) is 49.8. The molecule has 0 saturated heterocycles. The maximum absolute atomic E-state index is 12.3. The fourth-order valence-electron chi connectivity index (χ4n) is 1.94. The molecule has 0 aromatic rings. The lowest BCUT2D eigenvalue weighted by atomic mass is 10.1. The first kappa shape index (κ1) is 24.1. The molecule has 0 aliphatic heterocycles. The van der Waals surface area contributed by atoms with Gasteiger partial charge in [-0.2, -0.15) is 0 Å². The van der Waals surface area contributed by atoms with Gasteiger partial charge >= 0.3 is 5.97 Å². The molecule has 27 heavy (non-hydrogen) atoms. The summed E-state index contributed by atoms with van der Waals surface area (Å²) in [5.41, 5.74) is 21.0. The molecular formula is C14H27N7O6. The predicted molar refractivity (Wildman–Crippen MR) is 94.9 cm³/mol. The zero-order chi connectivity index (χ0) is 21.0. The molecule has 0 aliphatic rings. The number of hydrogen-bond donors (Lipinski definition) is 8. The van der Waals surface area contributed by atoms with Crippen LogP contribution in [-0.4, -0.2) is 71.1 Å². The van der Waals surface area contributed by atoms with Crippen molar-refractivity contribution in [2.45, 2.75) is 43.8 Å². The Bertz CT molecular complexity index is 564. The summed E-state index contributed by atoms with van der Waals surface area (Å²) in [6, 6.07) is -3.75. The van der Waals surface area contributed by atoms with Crippen molar-refractivity contribution in [1.29, 1.82) is 0 Å². The second-order valence-electron chi connectivity index (χ2n) is 5.70. The topological polar surface area (TPSA) is 249 Å². The summed E-state index contributed by atoms with van der Waals surface area (Å²) in [7, 11) is 0. The molecule has 13 nitrogen and oxygen atoms in total. The molecule has 0 heterocycles. The number of nitrogens with two attached hydrogens (primary N) is 4. The van der Waals surface area contributed by atoms with E-state index in [-0.39, 0.29) is 31.8 Å². The fraction of sp³-hybridized carbons (Fsp3) is 0.643. The highest BCUT2D eigenvalue weighted by Gasteiger charge is 2.27. The van der Waals surface area contributed by atoms with Gasteiger partial charge in [0.15, 0.2) is 5.96 Å². The largest absolute Gasteiger partial charge is 0.480 e. The normalized spacial score (nSPS) is 13.7. The molecule has 3 unspecified atom stereocenters.